The minimum Gasteiger partial charge on any atom is -0.366 e. The van der Waals surface area contributed by atoms with Crippen LogP contribution in [0.15, 0.2) is 23.2 Å². The Balaban J connectivity index is 2.92. The first kappa shape index (κ1) is 13.9. The van der Waals surface area contributed by atoms with Crippen LogP contribution in [0.5, 0.6) is 0 Å². The Hall–Kier alpha value is -1.14. The lowest BCUT2D eigenvalue weighted by Gasteiger charge is -2.17. The third-order valence-electron chi connectivity index (χ3n) is 2.28. The van der Waals surface area contributed by atoms with Crippen LogP contribution in [-0.2, 0) is 9.84 Å². The number of nitrogens with zero attached hydrogens (tertiary/aromatic N) is 1. The second-order valence-corrected chi connectivity index (χ2v) is 6.36. The zero-order chi connectivity index (χ0) is 13.1. The van der Waals surface area contributed by atoms with Gasteiger partial charge in [-0.05, 0) is 32.4 Å². The van der Waals surface area contributed by atoms with E-state index < -0.39 is 9.84 Å². The molecule has 0 radical (unpaired) electrons. The Bertz CT molecular complexity index is 471. The van der Waals surface area contributed by atoms with Crippen molar-refractivity contribution in [2.45, 2.75) is 37.2 Å². The standard InChI is InChI=1S/C11H19N3O2S/c1-8(12)7-9(2)14-11-10(17(3,15)16)5-4-6-13-11/h4-6,8-9H,7,12H2,1-3H3,(H,13,14). The van der Waals surface area contributed by atoms with Gasteiger partial charge in [0.25, 0.3) is 0 Å². The first-order valence-electron chi connectivity index (χ1n) is 5.48. The predicted molar refractivity (Wildman–Crippen MR) is 68.7 cm³/mol. The van der Waals surface area contributed by atoms with Gasteiger partial charge in [-0.25, -0.2) is 13.4 Å². The molecule has 0 aliphatic heterocycles. The molecule has 0 bridgehead atoms. The number of pyridine rings is 1. The predicted octanol–water partition coefficient (Wildman–Crippen LogP) is 1.02. The van der Waals surface area contributed by atoms with E-state index in [0.717, 1.165) is 6.42 Å². The van der Waals surface area contributed by atoms with Crippen LogP contribution in [0.3, 0.4) is 0 Å². The Morgan fingerprint density at radius 2 is 2.12 bits per heavy atom. The molecule has 1 heterocycles. The number of hydrogen-bond acceptors (Lipinski definition) is 5. The molecular weight excluding hydrogens is 238 g/mol. The molecule has 2 unspecified atom stereocenters. The molecule has 0 aliphatic rings. The van der Waals surface area contributed by atoms with E-state index >= 15 is 0 Å². The van der Waals surface area contributed by atoms with E-state index in [0.29, 0.717) is 5.82 Å². The smallest absolute Gasteiger partial charge is 0.179 e. The summed E-state index contributed by atoms with van der Waals surface area (Å²) in [5.41, 5.74) is 5.69. The fourth-order valence-corrected chi connectivity index (χ4v) is 2.44. The van der Waals surface area contributed by atoms with Crippen LogP contribution >= 0.6 is 0 Å². The molecule has 1 rings (SSSR count). The Kier molecular flexibility index (Phi) is 4.47. The Labute approximate surface area is 102 Å². The van der Waals surface area contributed by atoms with E-state index in [1.54, 1.807) is 18.3 Å². The highest BCUT2D eigenvalue weighted by Crippen LogP contribution is 2.19. The quantitative estimate of drug-likeness (QED) is 0.822. The average Bonchev–Trinajstić information content (AvgIpc) is 2.15. The van der Waals surface area contributed by atoms with Crippen molar-refractivity contribution >= 4 is 15.7 Å². The summed E-state index contributed by atoms with van der Waals surface area (Å²) >= 11 is 0. The van der Waals surface area contributed by atoms with E-state index in [1.807, 2.05) is 13.8 Å². The lowest BCUT2D eigenvalue weighted by Crippen LogP contribution is -2.27. The Morgan fingerprint density at radius 1 is 1.47 bits per heavy atom. The van der Waals surface area contributed by atoms with Crippen molar-refractivity contribution in [3.63, 3.8) is 0 Å². The summed E-state index contributed by atoms with van der Waals surface area (Å²) in [5, 5.41) is 3.08. The van der Waals surface area contributed by atoms with Gasteiger partial charge in [-0.3, -0.25) is 0 Å². The second-order valence-electron chi connectivity index (χ2n) is 4.38. The van der Waals surface area contributed by atoms with Crippen LogP contribution in [0, 0.1) is 0 Å². The molecule has 0 saturated carbocycles. The van der Waals surface area contributed by atoms with Crippen molar-refractivity contribution in [1.82, 2.24) is 4.98 Å². The normalized spacial score (nSPS) is 15.3. The number of aromatic nitrogens is 1. The zero-order valence-electron chi connectivity index (χ0n) is 10.3. The first-order valence-corrected chi connectivity index (χ1v) is 7.37. The summed E-state index contributed by atoms with van der Waals surface area (Å²) in [6.07, 6.45) is 3.49. The van der Waals surface area contributed by atoms with Gasteiger partial charge in [0, 0.05) is 24.5 Å². The van der Waals surface area contributed by atoms with Crippen LogP contribution in [0.2, 0.25) is 0 Å². The summed E-state index contributed by atoms with van der Waals surface area (Å²) in [6.45, 7) is 3.86. The van der Waals surface area contributed by atoms with Crippen molar-refractivity contribution in [1.29, 1.82) is 0 Å². The maximum Gasteiger partial charge on any atom is 0.179 e. The molecule has 0 spiro atoms. The van der Waals surface area contributed by atoms with Gasteiger partial charge in [0.05, 0.1) is 0 Å². The first-order chi connectivity index (χ1) is 7.80. The SMILES string of the molecule is CC(N)CC(C)Nc1ncccc1S(C)(=O)=O. The summed E-state index contributed by atoms with van der Waals surface area (Å²) < 4.78 is 23.1. The van der Waals surface area contributed by atoms with E-state index in [9.17, 15) is 8.42 Å². The fraction of sp³-hybridized carbons (Fsp3) is 0.545. The number of nitrogens with one attached hydrogen (secondary N) is 1. The molecule has 5 nitrogen and oxygen atoms in total. The maximum absolute atomic E-state index is 11.6. The van der Waals surface area contributed by atoms with Gasteiger partial charge in [0.15, 0.2) is 9.84 Å². The second kappa shape index (κ2) is 5.46. The number of rotatable bonds is 5. The van der Waals surface area contributed by atoms with Crippen molar-refractivity contribution in [3.8, 4) is 0 Å². The lowest BCUT2D eigenvalue weighted by atomic mass is 10.1. The van der Waals surface area contributed by atoms with Crippen LogP contribution in [0.25, 0.3) is 0 Å². The third kappa shape index (κ3) is 4.32. The molecule has 1 aromatic rings. The largest absolute Gasteiger partial charge is 0.366 e. The number of sulfone groups is 1. The van der Waals surface area contributed by atoms with Gasteiger partial charge < -0.3 is 11.1 Å². The summed E-state index contributed by atoms with van der Waals surface area (Å²) in [4.78, 5) is 4.28. The van der Waals surface area contributed by atoms with Crippen LogP contribution in [0.4, 0.5) is 5.82 Å². The average molecular weight is 257 g/mol. The topological polar surface area (TPSA) is 85.1 Å². The van der Waals surface area contributed by atoms with Crippen LogP contribution < -0.4 is 11.1 Å². The molecule has 0 fully saturated rings. The highest BCUT2D eigenvalue weighted by Gasteiger charge is 2.15. The molecule has 0 amide bonds. The van der Waals surface area contributed by atoms with Gasteiger partial charge in [-0.2, -0.15) is 0 Å². The summed E-state index contributed by atoms with van der Waals surface area (Å²) in [7, 11) is -3.26. The fourth-order valence-electron chi connectivity index (χ4n) is 1.65. The molecular formula is C11H19N3O2S. The lowest BCUT2D eigenvalue weighted by molar-refractivity contribution is 0.596. The minimum absolute atomic E-state index is 0.0582. The monoisotopic (exact) mass is 257 g/mol. The van der Waals surface area contributed by atoms with E-state index in [1.165, 1.54) is 6.26 Å². The van der Waals surface area contributed by atoms with Crippen molar-refractivity contribution in [2.75, 3.05) is 11.6 Å². The Morgan fingerprint density at radius 3 is 2.65 bits per heavy atom. The molecule has 96 valence electrons. The van der Waals surface area contributed by atoms with Gasteiger partial charge in [-0.1, -0.05) is 0 Å². The third-order valence-corrected chi connectivity index (χ3v) is 3.41. The van der Waals surface area contributed by atoms with Gasteiger partial charge in [0.2, 0.25) is 0 Å². The molecule has 1 aromatic heterocycles. The van der Waals surface area contributed by atoms with Crippen LogP contribution in [0.1, 0.15) is 20.3 Å². The van der Waals surface area contributed by atoms with Gasteiger partial charge in [-0.15, -0.1) is 0 Å². The molecule has 0 aliphatic carbocycles. The molecule has 2 atom stereocenters. The maximum atomic E-state index is 11.6. The molecule has 0 saturated heterocycles. The van der Waals surface area contributed by atoms with Crippen molar-refractivity contribution in [3.05, 3.63) is 18.3 Å². The minimum atomic E-state index is -3.26. The summed E-state index contributed by atoms with van der Waals surface area (Å²) in [5.74, 6) is 0.392. The molecule has 17 heavy (non-hydrogen) atoms. The number of nitrogens with two attached hydrogens (primary N) is 1. The van der Waals surface area contributed by atoms with E-state index in [4.69, 9.17) is 5.73 Å². The van der Waals surface area contributed by atoms with Crippen molar-refractivity contribution in [2.24, 2.45) is 5.73 Å². The van der Waals surface area contributed by atoms with Crippen LogP contribution in [-0.4, -0.2) is 31.7 Å². The zero-order valence-corrected chi connectivity index (χ0v) is 11.2. The highest BCUT2D eigenvalue weighted by molar-refractivity contribution is 7.90. The van der Waals surface area contributed by atoms with Gasteiger partial charge >= 0.3 is 0 Å². The van der Waals surface area contributed by atoms with Gasteiger partial charge in [0.1, 0.15) is 10.7 Å². The van der Waals surface area contributed by atoms with E-state index in [-0.39, 0.29) is 17.0 Å². The number of hydrogen-bond donors (Lipinski definition) is 2. The molecule has 0 aromatic carbocycles. The van der Waals surface area contributed by atoms with E-state index in [2.05, 4.69) is 10.3 Å². The number of anilines is 1. The highest BCUT2D eigenvalue weighted by atomic mass is 32.2. The molecule has 3 N–H and O–H groups in total. The molecule has 6 heteroatoms. The van der Waals surface area contributed by atoms with Crippen molar-refractivity contribution < 1.29 is 8.42 Å². The summed E-state index contributed by atoms with van der Waals surface area (Å²) in [6, 6.07) is 3.29.